The molecule has 6 nitrogen and oxygen atoms in total. The number of benzene rings is 2. The Balaban J connectivity index is 2.02. The Morgan fingerprint density at radius 2 is 1.77 bits per heavy atom. The van der Waals surface area contributed by atoms with Gasteiger partial charge < -0.3 is 0 Å². The van der Waals surface area contributed by atoms with Gasteiger partial charge in [0, 0.05) is 6.04 Å². The van der Waals surface area contributed by atoms with E-state index in [0.717, 1.165) is 6.42 Å². The summed E-state index contributed by atoms with van der Waals surface area (Å²) < 4.78 is 17.3. The van der Waals surface area contributed by atoms with Gasteiger partial charge in [0.25, 0.3) is 5.56 Å². The van der Waals surface area contributed by atoms with Gasteiger partial charge in [-0.3, -0.25) is 13.9 Å². The molecule has 0 aliphatic heterocycles. The highest BCUT2D eigenvalue weighted by molar-refractivity contribution is 6.31. The number of aromatic nitrogens is 5. The standard InChI is InChI=1S/C23H19ClFN5O/c1-4-12(2)29-13(3)26-21-19(23(29)31)20-22(28-18-8-6-5-7-17(18)27-20)30(21)14-9-10-16(25)15(24)11-14/h5-12H,4H2,1-3H3. The number of fused-ring (bicyclic) bond motifs is 4. The van der Waals surface area contributed by atoms with Gasteiger partial charge in [-0.25, -0.2) is 19.3 Å². The summed E-state index contributed by atoms with van der Waals surface area (Å²) in [5, 5.41) is 0.366. The van der Waals surface area contributed by atoms with Gasteiger partial charge >= 0.3 is 0 Å². The largest absolute Gasteiger partial charge is 0.293 e. The summed E-state index contributed by atoms with van der Waals surface area (Å²) in [6.07, 6.45) is 0.786. The van der Waals surface area contributed by atoms with Gasteiger partial charge in [-0.15, -0.1) is 0 Å². The molecule has 2 aromatic carbocycles. The summed E-state index contributed by atoms with van der Waals surface area (Å²) in [6, 6.07) is 11.8. The van der Waals surface area contributed by atoms with Crippen LogP contribution in [0.15, 0.2) is 47.3 Å². The van der Waals surface area contributed by atoms with Crippen molar-refractivity contribution in [2.45, 2.75) is 33.2 Å². The van der Waals surface area contributed by atoms with Crippen molar-refractivity contribution in [3.05, 3.63) is 69.5 Å². The van der Waals surface area contributed by atoms with E-state index in [4.69, 9.17) is 26.6 Å². The SMILES string of the molecule is CCC(C)n1c(C)nc2c(c1=O)c1nc3ccccc3nc1n2-c1ccc(F)c(Cl)c1. The first kappa shape index (κ1) is 19.6. The molecule has 0 aliphatic carbocycles. The van der Waals surface area contributed by atoms with E-state index < -0.39 is 5.82 Å². The fourth-order valence-corrected chi connectivity index (χ4v) is 4.15. The van der Waals surface area contributed by atoms with Crippen molar-refractivity contribution in [3.8, 4) is 5.69 Å². The van der Waals surface area contributed by atoms with E-state index in [1.807, 2.05) is 45.0 Å². The van der Waals surface area contributed by atoms with E-state index in [1.54, 1.807) is 15.2 Å². The molecule has 0 radical (unpaired) electrons. The first-order chi connectivity index (χ1) is 14.9. The molecule has 3 heterocycles. The van der Waals surface area contributed by atoms with Crippen molar-refractivity contribution in [1.29, 1.82) is 0 Å². The fourth-order valence-electron chi connectivity index (χ4n) is 3.98. The van der Waals surface area contributed by atoms with Crippen LogP contribution in [0.4, 0.5) is 4.39 Å². The lowest BCUT2D eigenvalue weighted by molar-refractivity contribution is 0.497. The number of rotatable bonds is 3. The molecule has 1 atom stereocenters. The topological polar surface area (TPSA) is 65.6 Å². The molecule has 5 rings (SSSR count). The quantitative estimate of drug-likeness (QED) is 0.383. The molecule has 0 saturated carbocycles. The van der Waals surface area contributed by atoms with Gasteiger partial charge in [-0.2, -0.15) is 0 Å². The minimum absolute atomic E-state index is 0.0171. The molecule has 31 heavy (non-hydrogen) atoms. The molecule has 0 aliphatic rings. The predicted octanol–water partition coefficient (Wildman–Crippen LogP) is 5.36. The van der Waals surface area contributed by atoms with Crippen LogP contribution in [0.3, 0.4) is 0 Å². The molecule has 8 heteroatoms. The molecule has 0 bridgehead atoms. The van der Waals surface area contributed by atoms with E-state index in [2.05, 4.69) is 0 Å². The van der Waals surface area contributed by atoms with E-state index in [9.17, 15) is 9.18 Å². The zero-order valence-electron chi connectivity index (χ0n) is 17.2. The third-order valence-corrected chi connectivity index (χ3v) is 5.97. The Hall–Kier alpha value is -3.32. The van der Waals surface area contributed by atoms with Gasteiger partial charge in [-0.05, 0) is 50.6 Å². The first-order valence-corrected chi connectivity index (χ1v) is 10.4. The van der Waals surface area contributed by atoms with Crippen LogP contribution >= 0.6 is 11.6 Å². The second-order valence-corrected chi connectivity index (χ2v) is 8.02. The van der Waals surface area contributed by atoms with Crippen molar-refractivity contribution in [2.24, 2.45) is 0 Å². The molecule has 3 aromatic heterocycles. The highest BCUT2D eigenvalue weighted by atomic mass is 35.5. The third-order valence-electron chi connectivity index (χ3n) is 5.68. The van der Waals surface area contributed by atoms with Gasteiger partial charge in [0.1, 0.15) is 22.5 Å². The third kappa shape index (κ3) is 2.91. The Labute approximate surface area is 181 Å². The molecule has 156 valence electrons. The molecule has 0 fully saturated rings. The van der Waals surface area contributed by atoms with Gasteiger partial charge in [-0.1, -0.05) is 30.7 Å². The lowest BCUT2D eigenvalue weighted by Crippen LogP contribution is -2.26. The monoisotopic (exact) mass is 435 g/mol. The van der Waals surface area contributed by atoms with Crippen molar-refractivity contribution >= 4 is 44.8 Å². The number of para-hydroxylation sites is 2. The van der Waals surface area contributed by atoms with Gasteiger partial charge in [0.2, 0.25) is 0 Å². The van der Waals surface area contributed by atoms with Crippen LogP contribution in [0.25, 0.3) is 38.9 Å². The highest BCUT2D eigenvalue weighted by Gasteiger charge is 2.23. The number of halogens is 2. The van der Waals surface area contributed by atoms with Crippen LogP contribution in [-0.4, -0.2) is 24.1 Å². The minimum Gasteiger partial charge on any atom is -0.293 e. The Morgan fingerprint density at radius 1 is 1.06 bits per heavy atom. The summed E-state index contributed by atoms with van der Waals surface area (Å²) in [4.78, 5) is 27.9. The zero-order chi connectivity index (χ0) is 21.9. The number of nitrogens with zero attached hydrogens (tertiary/aromatic N) is 5. The van der Waals surface area contributed by atoms with Crippen LogP contribution in [0, 0.1) is 12.7 Å². The molecule has 0 spiro atoms. The average Bonchev–Trinajstić information content (AvgIpc) is 3.06. The zero-order valence-corrected chi connectivity index (χ0v) is 18.0. The molecule has 0 saturated heterocycles. The molecule has 0 N–H and O–H groups in total. The smallest absolute Gasteiger partial charge is 0.265 e. The second-order valence-electron chi connectivity index (χ2n) is 7.61. The number of aryl methyl sites for hydroxylation is 1. The maximum Gasteiger partial charge on any atom is 0.265 e. The average molecular weight is 436 g/mol. The molecule has 1 unspecified atom stereocenters. The first-order valence-electron chi connectivity index (χ1n) is 10.1. The van der Waals surface area contributed by atoms with Crippen LogP contribution < -0.4 is 5.56 Å². The highest BCUT2D eigenvalue weighted by Crippen LogP contribution is 2.30. The van der Waals surface area contributed by atoms with E-state index in [1.165, 1.54) is 12.1 Å². The Kier molecular flexibility index (Phi) is 4.51. The second kappa shape index (κ2) is 7.13. The summed E-state index contributed by atoms with van der Waals surface area (Å²) in [5.41, 5.74) is 3.12. The Bertz CT molecular complexity index is 1560. The molecular weight excluding hydrogens is 417 g/mol. The lowest BCUT2D eigenvalue weighted by Gasteiger charge is -2.16. The Morgan fingerprint density at radius 3 is 2.45 bits per heavy atom. The van der Waals surface area contributed by atoms with Crippen LogP contribution in [0.1, 0.15) is 32.1 Å². The fraction of sp³-hybridized carbons (Fsp3) is 0.217. The summed E-state index contributed by atoms with van der Waals surface area (Å²) in [5.74, 6) is 0.0691. The van der Waals surface area contributed by atoms with Gasteiger partial charge in [0.05, 0.1) is 21.7 Å². The van der Waals surface area contributed by atoms with Crippen molar-refractivity contribution < 1.29 is 4.39 Å². The van der Waals surface area contributed by atoms with E-state index >= 15 is 0 Å². The minimum atomic E-state index is -0.522. The summed E-state index contributed by atoms with van der Waals surface area (Å²) in [7, 11) is 0. The lowest BCUT2D eigenvalue weighted by atomic mass is 10.2. The van der Waals surface area contributed by atoms with Crippen LogP contribution in [0.2, 0.25) is 5.02 Å². The van der Waals surface area contributed by atoms with Crippen LogP contribution in [0.5, 0.6) is 0 Å². The van der Waals surface area contributed by atoms with E-state index in [0.29, 0.717) is 44.7 Å². The van der Waals surface area contributed by atoms with Crippen molar-refractivity contribution in [2.75, 3.05) is 0 Å². The molecule has 5 aromatic rings. The maximum absolute atomic E-state index is 13.8. The molecule has 0 amide bonds. The van der Waals surface area contributed by atoms with Crippen molar-refractivity contribution in [3.63, 3.8) is 0 Å². The maximum atomic E-state index is 13.8. The van der Waals surface area contributed by atoms with E-state index in [-0.39, 0.29) is 16.6 Å². The number of hydrogen-bond acceptors (Lipinski definition) is 4. The van der Waals surface area contributed by atoms with Crippen molar-refractivity contribution in [1.82, 2.24) is 24.1 Å². The van der Waals surface area contributed by atoms with Gasteiger partial charge in [0.15, 0.2) is 11.3 Å². The molecular formula is C23H19ClFN5O. The summed E-state index contributed by atoms with van der Waals surface area (Å²) in [6.45, 7) is 5.82. The number of hydrogen-bond donors (Lipinski definition) is 0. The van der Waals surface area contributed by atoms with Crippen LogP contribution in [-0.2, 0) is 0 Å². The summed E-state index contributed by atoms with van der Waals surface area (Å²) >= 11 is 6.07. The predicted molar refractivity (Wildman–Crippen MR) is 121 cm³/mol. The normalized spacial score (nSPS) is 12.8.